The third-order valence-corrected chi connectivity index (χ3v) is 5.39. The van der Waals surface area contributed by atoms with E-state index < -0.39 is 0 Å². The van der Waals surface area contributed by atoms with Crippen molar-refractivity contribution < 1.29 is 5.11 Å². The van der Waals surface area contributed by atoms with E-state index in [1.54, 1.807) is 0 Å². The van der Waals surface area contributed by atoms with Crippen molar-refractivity contribution in [2.45, 2.75) is 83.0 Å². The van der Waals surface area contributed by atoms with Crippen LogP contribution < -0.4 is 0 Å². The molecule has 0 aromatic rings. The zero-order chi connectivity index (χ0) is 11.3. The molecular weight excluding hydrogens is 198 g/mol. The highest BCUT2D eigenvalue weighted by Gasteiger charge is 2.49. The van der Waals surface area contributed by atoms with Crippen molar-refractivity contribution in [3.05, 3.63) is 0 Å². The van der Waals surface area contributed by atoms with Crippen molar-refractivity contribution in [3.8, 4) is 0 Å². The number of rotatable bonds is 1. The van der Waals surface area contributed by atoms with Crippen LogP contribution in [0.25, 0.3) is 0 Å². The van der Waals surface area contributed by atoms with Gasteiger partial charge in [-0.25, -0.2) is 0 Å². The van der Waals surface area contributed by atoms with Gasteiger partial charge >= 0.3 is 0 Å². The summed E-state index contributed by atoms with van der Waals surface area (Å²) in [5.41, 5.74) is 0.407. The molecule has 3 rings (SSSR count). The summed E-state index contributed by atoms with van der Waals surface area (Å²) in [7, 11) is 0. The SMILES string of the molecule is CC1(C)CCC(O)CC1N1C2CCC1CC2. The van der Waals surface area contributed by atoms with E-state index in [2.05, 4.69) is 18.7 Å². The fourth-order valence-electron chi connectivity index (χ4n) is 4.39. The number of nitrogens with zero attached hydrogens (tertiary/aromatic N) is 1. The molecule has 3 fully saturated rings. The Bertz CT molecular complexity index is 256. The molecule has 2 unspecified atom stereocenters. The standard InChI is InChI=1S/C14H25NO/c1-14(2)8-7-12(16)9-13(14)15-10-3-4-11(15)6-5-10/h10-13,16H,3-9H2,1-2H3. The molecular formula is C14H25NO. The first-order valence-corrected chi connectivity index (χ1v) is 7.03. The minimum atomic E-state index is -0.0435. The molecule has 0 radical (unpaired) electrons. The summed E-state index contributed by atoms with van der Waals surface area (Å²) < 4.78 is 0. The van der Waals surface area contributed by atoms with Gasteiger partial charge in [-0.2, -0.15) is 0 Å². The van der Waals surface area contributed by atoms with E-state index in [0.29, 0.717) is 11.5 Å². The third kappa shape index (κ3) is 1.62. The zero-order valence-corrected chi connectivity index (χ0v) is 10.7. The van der Waals surface area contributed by atoms with Gasteiger partial charge in [0.05, 0.1) is 6.10 Å². The van der Waals surface area contributed by atoms with Crippen LogP contribution >= 0.6 is 0 Å². The van der Waals surface area contributed by atoms with Gasteiger partial charge in [0, 0.05) is 18.1 Å². The number of aliphatic hydroxyl groups is 1. The topological polar surface area (TPSA) is 23.5 Å². The van der Waals surface area contributed by atoms with Gasteiger partial charge in [0.2, 0.25) is 0 Å². The van der Waals surface area contributed by atoms with E-state index in [9.17, 15) is 5.11 Å². The fraction of sp³-hybridized carbons (Fsp3) is 1.00. The summed E-state index contributed by atoms with van der Waals surface area (Å²) in [6.07, 6.45) is 8.81. The number of hydrogen-bond donors (Lipinski definition) is 1. The van der Waals surface area contributed by atoms with Gasteiger partial charge in [-0.05, 0) is 50.4 Å². The average Bonchev–Trinajstić information content (AvgIpc) is 2.81. The van der Waals surface area contributed by atoms with Crippen LogP contribution in [0.4, 0.5) is 0 Å². The van der Waals surface area contributed by atoms with E-state index in [4.69, 9.17) is 0 Å². The molecule has 2 atom stereocenters. The van der Waals surface area contributed by atoms with Gasteiger partial charge in [0.1, 0.15) is 0 Å². The van der Waals surface area contributed by atoms with Crippen LogP contribution in [0.1, 0.15) is 58.8 Å². The fourth-order valence-corrected chi connectivity index (χ4v) is 4.39. The maximum absolute atomic E-state index is 9.94. The molecule has 2 heterocycles. The first-order chi connectivity index (χ1) is 7.58. The lowest BCUT2D eigenvalue weighted by Gasteiger charge is -2.47. The monoisotopic (exact) mass is 223 g/mol. The molecule has 16 heavy (non-hydrogen) atoms. The Balaban J connectivity index is 1.81. The predicted molar refractivity (Wildman–Crippen MR) is 65.3 cm³/mol. The van der Waals surface area contributed by atoms with Crippen LogP contribution in [0.3, 0.4) is 0 Å². The second kappa shape index (κ2) is 3.71. The Morgan fingerprint density at radius 1 is 1.00 bits per heavy atom. The summed E-state index contributed by atoms with van der Waals surface area (Å²) >= 11 is 0. The molecule has 1 N–H and O–H groups in total. The molecule has 2 nitrogen and oxygen atoms in total. The summed E-state index contributed by atoms with van der Waals surface area (Å²) in [6.45, 7) is 4.81. The van der Waals surface area contributed by atoms with Gasteiger partial charge in [0.25, 0.3) is 0 Å². The Morgan fingerprint density at radius 2 is 1.56 bits per heavy atom. The third-order valence-electron chi connectivity index (χ3n) is 5.39. The van der Waals surface area contributed by atoms with Crippen molar-refractivity contribution in [2.75, 3.05) is 0 Å². The maximum atomic E-state index is 9.94. The van der Waals surface area contributed by atoms with E-state index in [-0.39, 0.29) is 6.10 Å². The summed E-state index contributed by atoms with van der Waals surface area (Å²) in [6, 6.07) is 2.33. The van der Waals surface area contributed by atoms with Gasteiger partial charge in [-0.15, -0.1) is 0 Å². The lowest BCUT2D eigenvalue weighted by molar-refractivity contribution is -0.0191. The van der Waals surface area contributed by atoms with Crippen LogP contribution in [0, 0.1) is 5.41 Å². The van der Waals surface area contributed by atoms with Gasteiger partial charge in [0.15, 0.2) is 0 Å². The minimum Gasteiger partial charge on any atom is -0.393 e. The molecule has 1 saturated carbocycles. The molecule has 0 aromatic carbocycles. The smallest absolute Gasteiger partial charge is 0.0555 e. The largest absolute Gasteiger partial charge is 0.393 e. The van der Waals surface area contributed by atoms with Crippen molar-refractivity contribution in [3.63, 3.8) is 0 Å². The minimum absolute atomic E-state index is 0.0435. The molecule has 2 aliphatic heterocycles. The summed E-state index contributed by atoms with van der Waals surface area (Å²) in [5.74, 6) is 0. The van der Waals surface area contributed by atoms with Gasteiger partial charge in [-0.3, -0.25) is 4.90 Å². The molecule has 2 bridgehead atoms. The highest BCUT2D eigenvalue weighted by atomic mass is 16.3. The normalized spacial score (nSPS) is 47.4. The highest BCUT2D eigenvalue weighted by molar-refractivity contribution is 5.03. The Hall–Kier alpha value is -0.0800. The number of aliphatic hydroxyl groups excluding tert-OH is 1. The Labute approximate surface area is 99.0 Å². The van der Waals surface area contributed by atoms with E-state index in [1.807, 2.05) is 0 Å². The van der Waals surface area contributed by atoms with Crippen molar-refractivity contribution >= 4 is 0 Å². The zero-order valence-electron chi connectivity index (χ0n) is 10.7. The first-order valence-electron chi connectivity index (χ1n) is 7.03. The second-order valence-corrected chi connectivity index (χ2v) is 6.84. The van der Waals surface area contributed by atoms with Crippen LogP contribution in [0.15, 0.2) is 0 Å². The Kier molecular flexibility index (Phi) is 2.56. The molecule has 3 aliphatic rings. The van der Waals surface area contributed by atoms with Crippen LogP contribution in [0.5, 0.6) is 0 Å². The van der Waals surface area contributed by atoms with Crippen LogP contribution in [0.2, 0.25) is 0 Å². The average molecular weight is 223 g/mol. The van der Waals surface area contributed by atoms with E-state index >= 15 is 0 Å². The first kappa shape index (κ1) is 11.0. The quantitative estimate of drug-likeness (QED) is 0.738. The number of hydrogen-bond acceptors (Lipinski definition) is 2. The van der Waals surface area contributed by atoms with Crippen LogP contribution in [-0.4, -0.2) is 34.2 Å². The van der Waals surface area contributed by atoms with E-state index in [0.717, 1.165) is 24.9 Å². The number of fused-ring (bicyclic) bond motifs is 2. The summed E-state index contributed by atoms with van der Waals surface area (Å²) in [4.78, 5) is 2.79. The van der Waals surface area contributed by atoms with Gasteiger partial charge in [-0.1, -0.05) is 13.8 Å². The van der Waals surface area contributed by atoms with Crippen LogP contribution in [-0.2, 0) is 0 Å². The molecule has 2 heteroatoms. The van der Waals surface area contributed by atoms with E-state index in [1.165, 1.54) is 32.1 Å². The molecule has 92 valence electrons. The summed E-state index contributed by atoms with van der Waals surface area (Å²) in [5, 5.41) is 9.94. The highest BCUT2D eigenvalue weighted by Crippen LogP contribution is 2.47. The van der Waals surface area contributed by atoms with Crippen molar-refractivity contribution in [1.82, 2.24) is 4.90 Å². The molecule has 0 spiro atoms. The molecule has 0 amide bonds. The molecule has 1 aliphatic carbocycles. The Morgan fingerprint density at radius 3 is 2.12 bits per heavy atom. The molecule has 2 saturated heterocycles. The predicted octanol–water partition coefficient (Wildman–Crippen LogP) is 2.55. The lowest BCUT2D eigenvalue weighted by atomic mass is 9.71. The van der Waals surface area contributed by atoms with Crippen molar-refractivity contribution in [2.24, 2.45) is 5.41 Å². The van der Waals surface area contributed by atoms with Crippen molar-refractivity contribution in [1.29, 1.82) is 0 Å². The lowest BCUT2D eigenvalue weighted by Crippen LogP contribution is -2.52. The maximum Gasteiger partial charge on any atom is 0.0555 e. The molecule has 0 aromatic heterocycles. The second-order valence-electron chi connectivity index (χ2n) is 6.84. The van der Waals surface area contributed by atoms with Gasteiger partial charge < -0.3 is 5.11 Å².